The zero-order valence-electron chi connectivity index (χ0n) is 13.8. The number of aliphatic hydroxyl groups is 3. The molecule has 0 amide bonds. The monoisotopic (exact) mass is 392 g/mol. The fraction of sp³-hybridized carbons (Fsp3) is 0.294. The van der Waals surface area contributed by atoms with Gasteiger partial charge in [0, 0.05) is 11.2 Å². The minimum absolute atomic E-state index is 0.105. The van der Waals surface area contributed by atoms with Gasteiger partial charge in [0.1, 0.15) is 30.1 Å². The number of rotatable bonds is 3. The van der Waals surface area contributed by atoms with Crippen LogP contribution in [0.2, 0.25) is 5.02 Å². The maximum absolute atomic E-state index is 10.6. The smallest absolute Gasteiger partial charge is 0.203 e. The normalized spacial score (nSPS) is 27.3. The Labute approximate surface area is 157 Å². The van der Waals surface area contributed by atoms with Gasteiger partial charge in [-0.15, -0.1) is 0 Å². The Kier molecular flexibility index (Phi) is 4.62. The summed E-state index contributed by atoms with van der Waals surface area (Å²) in [6.07, 6.45) is -2.83. The number of halogens is 1. The van der Waals surface area contributed by atoms with Crippen LogP contribution in [0.4, 0.5) is 0 Å². The summed E-state index contributed by atoms with van der Waals surface area (Å²) in [6, 6.07) is 8.14. The molecule has 1 saturated heterocycles. The summed E-state index contributed by atoms with van der Waals surface area (Å²) in [5.74, 6) is 0. The van der Waals surface area contributed by atoms with Gasteiger partial charge in [0.15, 0.2) is 6.23 Å². The molecule has 3 aromatic rings. The Morgan fingerprint density at radius 2 is 1.93 bits per heavy atom. The average Bonchev–Trinajstić information content (AvgIpc) is 3.23. The predicted octanol–water partition coefficient (Wildman–Crippen LogP) is 0.661. The molecular weight excluding hydrogens is 376 g/mol. The summed E-state index contributed by atoms with van der Waals surface area (Å²) >= 11 is 5.86. The first-order valence-electron chi connectivity index (χ1n) is 8.18. The molecule has 0 aliphatic carbocycles. The molecule has 2 aromatic heterocycles. The third-order valence-electron chi connectivity index (χ3n) is 4.71. The van der Waals surface area contributed by atoms with Gasteiger partial charge in [-0.3, -0.25) is 0 Å². The van der Waals surface area contributed by atoms with Crippen molar-refractivity contribution >= 4 is 22.6 Å². The number of benzene rings is 1. The van der Waals surface area contributed by atoms with Crippen molar-refractivity contribution in [3.05, 3.63) is 58.9 Å². The van der Waals surface area contributed by atoms with Crippen molar-refractivity contribution in [2.45, 2.75) is 30.6 Å². The average molecular weight is 393 g/mol. The number of nitrogens with zero attached hydrogens (tertiary/aromatic N) is 3. The molecule has 9 nitrogen and oxygen atoms in total. The number of H-pyrrole nitrogens is 1. The van der Waals surface area contributed by atoms with Crippen LogP contribution in [0.3, 0.4) is 0 Å². The van der Waals surface area contributed by atoms with Crippen LogP contribution in [0, 0.1) is 0 Å². The van der Waals surface area contributed by atoms with Crippen molar-refractivity contribution in [1.29, 1.82) is 0 Å². The lowest BCUT2D eigenvalue weighted by Crippen LogP contribution is -2.34. The van der Waals surface area contributed by atoms with Gasteiger partial charge < -0.3 is 34.8 Å². The van der Waals surface area contributed by atoms with Gasteiger partial charge in [-0.2, -0.15) is 0 Å². The third kappa shape index (κ3) is 2.99. The number of aromatic amines is 1. The number of hydrogen-bond donors (Lipinski definition) is 5. The number of aliphatic hydroxyl groups excluding tert-OH is 3. The molecule has 0 radical (unpaired) electrons. The van der Waals surface area contributed by atoms with Crippen molar-refractivity contribution in [2.24, 2.45) is 5.16 Å². The van der Waals surface area contributed by atoms with E-state index in [2.05, 4.69) is 15.1 Å². The van der Waals surface area contributed by atoms with E-state index in [0.29, 0.717) is 21.6 Å². The van der Waals surface area contributed by atoms with Crippen LogP contribution in [-0.4, -0.2) is 53.4 Å². The molecule has 1 fully saturated rings. The minimum Gasteiger partial charge on any atom is -0.409 e. The fourth-order valence-electron chi connectivity index (χ4n) is 3.32. The summed E-state index contributed by atoms with van der Waals surface area (Å²) < 4.78 is 7.35. The summed E-state index contributed by atoms with van der Waals surface area (Å²) in [5, 5.41) is 44.7. The second kappa shape index (κ2) is 6.95. The number of ether oxygens (including phenoxy) is 1. The Morgan fingerprint density at radius 3 is 2.63 bits per heavy atom. The van der Waals surface area contributed by atoms with Crippen LogP contribution >= 0.6 is 11.6 Å². The van der Waals surface area contributed by atoms with Gasteiger partial charge in [-0.1, -0.05) is 28.9 Å². The molecule has 0 spiro atoms. The predicted molar refractivity (Wildman–Crippen MR) is 93.8 cm³/mol. The molecule has 4 rings (SSSR count). The first kappa shape index (κ1) is 18.0. The van der Waals surface area contributed by atoms with Crippen LogP contribution in [0.15, 0.2) is 48.0 Å². The zero-order valence-corrected chi connectivity index (χ0v) is 14.6. The van der Waals surface area contributed by atoms with Crippen molar-refractivity contribution in [1.82, 2.24) is 14.5 Å². The second-order valence-corrected chi connectivity index (χ2v) is 6.72. The first-order valence-corrected chi connectivity index (χ1v) is 8.56. The third-order valence-corrected chi connectivity index (χ3v) is 4.96. The molecule has 1 aliphatic heterocycles. The fourth-order valence-corrected chi connectivity index (χ4v) is 3.45. The maximum atomic E-state index is 10.6. The molecule has 5 atom stereocenters. The van der Waals surface area contributed by atoms with Crippen LogP contribution in [0.5, 0.6) is 0 Å². The lowest BCUT2D eigenvalue weighted by atomic mass is 9.99. The molecule has 27 heavy (non-hydrogen) atoms. The molecule has 0 saturated carbocycles. The van der Waals surface area contributed by atoms with Crippen molar-refractivity contribution < 1.29 is 25.3 Å². The Bertz CT molecular complexity index is 1020. The molecule has 10 heteroatoms. The summed E-state index contributed by atoms with van der Waals surface area (Å²) in [4.78, 5) is 6.80. The van der Waals surface area contributed by atoms with E-state index in [1.165, 1.54) is 6.33 Å². The summed E-state index contributed by atoms with van der Waals surface area (Å²) in [7, 11) is 0. The molecule has 1 unspecified atom stereocenters. The van der Waals surface area contributed by atoms with E-state index in [1.807, 2.05) is 0 Å². The largest absolute Gasteiger partial charge is 0.409 e. The van der Waals surface area contributed by atoms with Crippen LogP contribution in [0.25, 0.3) is 11.0 Å². The molecule has 1 aromatic carbocycles. The van der Waals surface area contributed by atoms with E-state index >= 15 is 0 Å². The van der Waals surface area contributed by atoms with Gasteiger partial charge in [0.25, 0.3) is 0 Å². The van der Waals surface area contributed by atoms with Crippen LogP contribution in [0.1, 0.15) is 17.9 Å². The lowest BCUT2D eigenvalue weighted by Gasteiger charge is -2.21. The highest BCUT2D eigenvalue weighted by atomic mass is 35.5. The topological polar surface area (TPSA) is 136 Å². The van der Waals surface area contributed by atoms with Crippen molar-refractivity contribution in [3.8, 4) is 0 Å². The molecule has 0 bridgehead atoms. The number of aromatic nitrogens is 3. The molecule has 5 N–H and O–H groups in total. The van der Waals surface area contributed by atoms with Crippen molar-refractivity contribution in [3.63, 3.8) is 0 Å². The van der Waals surface area contributed by atoms with Crippen LogP contribution < -0.4 is 5.49 Å². The van der Waals surface area contributed by atoms with E-state index in [9.17, 15) is 15.3 Å². The number of fused-ring (bicyclic) bond motifs is 1. The second-order valence-electron chi connectivity index (χ2n) is 6.28. The number of hydrogen-bond acceptors (Lipinski definition) is 7. The zero-order chi connectivity index (χ0) is 19.1. The Morgan fingerprint density at radius 1 is 1.19 bits per heavy atom. The standard InChI is InChI=1S/C17H17ClN4O5/c18-9-3-1-8(2-4-9)11(23)14-12(24)13(25)17(27-14)22-6-5-10-15(21-26)19-7-20-16(10)22/h1-7,11-14,17,23-26H,(H,19,20,21)/t11?,12-,13+,14+,17+/m0/s1. The highest BCUT2D eigenvalue weighted by Crippen LogP contribution is 2.37. The highest BCUT2D eigenvalue weighted by molar-refractivity contribution is 6.30. The van der Waals surface area contributed by atoms with Crippen molar-refractivity contribution in [2.75, 3.05) is 0 Å². The summed E-state index contributed by atoms with van der Waals surface area (Å²) in [6.45, 7) is 0. The quantitative estimate of drug-likeness (QED) is 0.328. The SMILES string of the molecule is ON=c1nc[nH]c2c1ccn2[C@@H]1O[C@H](C(O)c2ccc(Cl)cc2)[C@@H](O)[C@H]1O. The molecule has 142 valence electrons. The maximum Gasteiger partial charge on any atom is 0.203 e. The highest BCUT2D eigenvalue weighted by Gasteiger charge is 2.47. The van der Waals surface area contributed by atoms with Gasteiger partial charge in [0.05, 0.1) is 11.7 Å². The van der Waals surface area contributed by atoms with Crippen LogP contribution in [-0.2, 0) is 4.74 Å². The van der Waals surface area contributed by atoms with E-state index in [-0.39, 0.29) is 5.49 Å². The molecule has 1 aliphatic rings. The molecular formula is C17H17ClN4O5. The first-order chi connectivity index (χ1) is 13.0. The van der Waals surface area contributed by atoms with Gasteiger partial charge in [0.2, 0.25) is 5.49 Å². The summed E-state index contributed by atoms with van der Waals surface area (Å²) in [5.41, 5.74) is 1.09. The van der Waals surface area contributed by atoms with Gasteiger partial charge >= 0.3 is 0 Å². The van der Waals surface area contributed by atoms with Gasteiger partial charge in [-0.05, 0) is 23.8 Å². The van der Waals surface area contributed by atoms with E-state index in [1.54, 1.807) is 41.1 Å². The Balaban J connectivity index is 1.67. The van der Waals surface area contributed by atoms with Gasteiger partial charge in [-0.25, -0.2) is 4.98 Å². The minimum atomic E-state index is -1.32. The number of nitrogens with one attached hydrogen (secondary N) is 1. The van der Waals surface area contributed by atoms with E-state index in [4.69, 9.17) is 21.5 Å². The lowest BCUT2D eigenvalue weighted by molar-refractivity contribution is -0.0848. The Hall–Kier alpha value is -2.43. The van der Waals surface area contributed by atoms with E-state index < -0.39 is 30.6 Å². The molecule has 3 heterocycles. The van der Waals surface area contributed by atoms with E-state index in [0.717, 1.165) is 0 Å².